The first-order valence-corrected chi connectivity index (χ1v) is 10.7. The Hall–Kier alpha value is -3.79. The van der Waals surface area contributed by atoms with Gasteiger partial charge in [0.2, 0.25) is 5.91 Å². The first kappa shape index (κ1) is 20.5. The molecule has 1 atom stereocenters. The zero-order valence-corrected chi connectivity index (χ0v) is 17.3. The Morgan fingerprint density at radius 1 is 1.13 bits per heavy atom. The number of hydrogen-bond acceptors (Lipinski definition) is 6. The van der Waals surface area contributed by atoms with Crippen LogP contribution in [0.15, 0.2) is 59.5 Å². The van der Waals surface area contributed by atoms with Crippen molar-refractivity contribution in [1.82, 2.24) is 4.31 Å². The van der Waals surface area contributed by atoms with Gasteiger partial charge in [0.25, 0.3) is 21.6 Å². The Balaban J connectivity index is 1.82. The van der Waals surface area contributed by atoms with Crippen molar-refractivity contribution in [3.05, 3.63) is 75.8 Å². The number of nitrogens with one attached hydrogen (secondary N) is 1. The largest absolute Gasteiger partial charge is 0.325 e. The number of non-ortho nitro benzene ring substituents is 1. The van der Waals surface area contributed by atoms with Gasteiger partial charge in [-0.1, -0.05) is 36.4 Å². The van der Waals surface area contributed by atoms with Crippen LogP contribution in [-0.4, -0.2) is 36.5 Å². The topological polar surface area (TPSA) is 127 Å². The second-order valence-corrected chi connectivity index (χ2v) is 9.10. The monoisotopic (exact) mass is 439 g/mol. The van der Waals surface area contributed by atoms with Crippen molar-refractivity contribution >= 4 is 44.0 Å². The summed E-state index contributed by atoms with van der Waals surface area (Å²) in [6.45, 7) is 1.59. The van der Waals surface area contributed by atoms with Crippen LogP contribution in [-0.2, 0) is 19.6 Å². The fraction of sp³-hybridized carbons (Fsp3) is 0.143. The van der Waals surface area contributed by atoms with Crippen molar-refractivity contribution in [2.75, 3.05) is 12.4 Å². The van der Waals surface area contributed by atoms with Crippen molar-refractivity contribution in [3.8, 4) is 0 Å². The number of carbonyl (C=O) groups excluding carboxylic acids is 2. The first-order chi connectivity index (χ1) is 14.6. The molecule has 10 heteroatoms. The standard InChI is InChI=1S/C21H17N3O6S/c1-12-11-14(24(27)28)8-10-17(12)22-20(25)18-16-9-7-13-5-3-4-6-15(13)19(16)31(29,30)23(2)21(18)26/h3-11,18H,1-2H3,(H,22,25). The molecule has 1 heterocycles. The van der Waals surface area contributed by atoms with Crippen molar-refractivity contribution < 1.29 is 22.9 Å². The summed E-state index contributed by atoms with van der Waals surface area (Å²) in [5, 5.41) is 14.6. The lowest BCUT2D eigenvalue weighted by Gasteiger charge is -2.31. The SMILES string of the molecule is Cc1cc([N+](=O)[O-])ccc1NC(=O)C1C(=O)N(C)S(=O)(=O)c2c1ccc1ccccc21. The second-order valence-electron chi connectivity index (χ2n) is 7.19. The third-order valence-corrected chi connectivity index (χ3v) is 7.21. The Morgan fingerprint density at radius 2 is 1.84 bits per heavy atom. The molecule has 0 aliphatic carbocycles. The highest BCUT2D eigenvalue weighted by molar-refractivity contribution is 7.90. The number of hydrogen-bond donors (Lipinski definition) is 1. The van der Waals surface area contributed by atoms with E-state index < -0.39 is 32.7 Å². The van der Waals surface area contributed by atoms with E-state index in [1.807, 2.05) is 0 Å². The lowest BCUT2D eigenvalue weighted by Crippen LogP contribution is -2.45. The Morgan fingerprint density at radius 3 is 2.52 bits per heavy atom. The number of nitrogens with zero attached hydrogens (tertiary/aromatic N) is 2. The van der Waals surface area contributed by atoms with Crippen molar-refractivity contribution in [3.63, 3.8) is 0 Å². The third kappa shape index (κ3) is 3.21. The number of amides is 2. The number of sulfonamides is 1. The van der Waals surface area contributed by atoms with Crippen LogP contribution in [0.25, 0.3) is 10.8 Å². The lowest BCUT2D eigenvalue weighted by molar-refractivity contribution is -0.384. The molecule has 158 valence electrons. The van der Waals surface area contributed by atoms with Crippen molar-refractivity contribution in [1.29, 1.82) is 0 Å². The van der Waals surface area contributed by atoms with E-state index in [0.717, 1.165) is 7.05 Å². The van der Waals surface area contributed by atoms with E-state index in [0.29, 0.717) is 26.3 Å². The zero-order chi connectivity index (χ0) is 22.5. The van der Waals surface area contributed by atoms with Gasteiger partial charge in [0.05, 0.1) is 9.82 Å². The highest BCUT2D eigenvalue weighted by Gasteiger charge is 2.45. The summed E-state index contributed by atoms with van der Waals surface area (Å²) in [5.74, 6) is -2.98. The van der Waals surface area contributed by atoms with Crippen LogP contribution < -0.4 is 5.32 Å². The fourth-order valence-electron chi connectivity index (χ4n) is 3.71. The maximum atomic E-state index is 13.1. The molecule has 2 amide bonds. The van der Waals surface area contributed by atoms with Crippen LogP contribution in [0.4, 0.5) is 11.4 Å². The van der Waals surface area contributed by atoms with Gasteiger partial charge in [-0.15, -0.1) is 0 Å². The van der Waals surface area contributed by atoms with E-state index in [9.17, 15) is 28.1 Å². The minimum atomic E-state index is -4.13. The number of anilines is 1. The normalized spacial score (nSPS) is 17.3. The number of rotatable bonds is 3. The summed E-state index contributed by atoms with van der Waals surface area (Å²) in [4.78, 5) is 36.3. The molecule has 0 saturated carbocycles. The highest BCUT2D eigenvalue weighted by Crippen LogP contribution is 2.39. The van der Waals surface area contributed by atoms with E-state index in [-0.39, 0.29) is 16.1 Å². The van der Waals surface area contributed by atoms with Gasteiger partial charge < -0.3 is 5.32 Å². The first-order valence-electron chi connectivity index (χ1n) is 9.23. The summed E-state index contributed by atoms with van der Waals surface area (Å²) in [7, 11) is -3.01. The summed E-state index contributed by atoms with van der Waals surface area (Å²) in [6.07, 6.45) is 0. The molecule has 1 N–H and O–H groups in total. The molecule has 1 unspecified atom stereocenters. The van der Waals surface area contributed by atoms with Gasteiger partial charge in [-0.3, -0.25) is 19.7 Å². The fourth-order valence-corrected chi connectivity index (χ4v) is 5.27. The maximum Gasteiger partial charge on any atom is 0.269 e. The Kier molecular flexibility index (Phi) is 4.74. The Labute approximate surface area is 177 Å². The average Bonchev–Trinajstić information content (AvgIpc) is 2.73. The van der Waals surface area contributed by atoms with E-state index >= 15 is 0 Å². The molecule has 0 bridgehead atoms. The summed E-state index contributed by atoms with van der Waals surface area (Å²) in [6, 6.07) is 13.9. The predicted octanol–water partition coefficient (Wildman–Crippen LogP) is 2.94. The summed E-state index contributed by atoms with van der Waals surface area (Å²) in [5.41, 5.74) is 0.693. The summed E-state index contributed by atoms with van der Waals surface area (Å²) < 4.78 is 26.6. The molecule has 9 nitrogen and oxygen atoms in total. The number of nitro groups is 1. The number of aryl methyl sites for hydroxylation is 1. The molecule has 3 aromatic rings. The van der Waals surface area contributed by atoms with Gasteiger partial charge >= 0.3 is 0 Å². The molecule has 0 radical (unpaired) electrons. The number of benzene rings is 3. The number of fused-ring (bicyclic) bond motifs is 3. The van der Waals surface area contributed by atoms with Gasteiger partial charge in [-0.05, 0) is 29.5 Å². The van der Waals surface area contributed by atoms with E-state index in [1.165, 1.54) is 24.3 Å². The minimum absolute atomic E-state index is 0.0757. The number of carbonyl (C=O) groups is 2. The van der Waals surface area contributed by atoms with Crippen LogP contribution in [0.5, 0.6) is 0 Å². The van der Waals surface area contributed by atoms with Gasteiger partial charge in [-0.2, -0.15) is 0 Å². The molecule has 1 aliphatic rings. The molecule has 3 aromatic carbocycles. The van der Waals surface area contributed by atoms with Crippen LogP contribution in [0, 0.1) is 17.0 Å². The molecule has 4 rings (SSSR count). The molecule has 1 aliphatic heterocycles. The molecular formula is C21H17N3O6S. The van der Waals surface area contributed by atoms with Gasteiger partial charge in [0.15, 0.2) is 0 Å². The molecule has 0 fully saturated rings. The smallest absolute Gasteiger partial charge is 0.269 e. The van der Waals surface area contributed by atoms with Crippen LogP contribution in [0.1, 0.15) is 17.0 Å². The quantitative estimate of drug-likeness (QED) is 0.380. The van der Waals surface area contributed by atoms with Gasteiger partial charge in [-0.25, -0.2) is 12.7 Å². The Bertz CT molecular complexity index is 1380. The molecule has 31 heavy (non-hydrogen) atoms. The van der Waals surface area contributed by atoms with Crippen molar-refractivity contribution in [2.45, 2.75) is 17.7 Å². The van der Waals surface area contributed by atoms with Crippen LogP contribution in [0.3, 0.4) is 0 Å². The lowest BCUT2D eigenvalue weighted by atomic mass is 9.93. The molecular weight excluding hydrogens is 422 g/mol. The van der Waals surface area contributed by atoms with Crippen LogP contribution in [0.2, 0.25) is 0 Å². The van der Waals surface area contributed by atoms with E-state index in [4.69, 9.17) is 0 Å². The van der Waals surface area contributed by atoms with E-state index in [1.54, 1.807) is 37.3 Å². The highest BCUT2D eigenvalue weighted by atomic mass is 32.2. The average molecular weight is 439 g/mol. The molecule has 0 aromatic heterocycles. The number of likely N-dealkylation sites (N-methyl/N-ethyl adjacent to an activating group) is 1. The van der Waals surface area contributed by atoms with Gasteiger partial charge in [0.1, 0.15) is 5.92 Å². The van der Waals surface area contributed by atoms with E-state index in [2.05, 4.69) is 5.32 Å². The maximum absolute atomic E-state index is 13.1. The van der Waals surface area contributed by atoms with Gasteiger partial charge in [0, 0.05) is 30.3 Å². The third-order valence-electron chi connectivity index (χ3n) is 5.34. The number of nitro benzene ring substituents is 1. The minimum Gasteiger partial charge on any atom is -0.325 e. The summed E-state index contributed by atoms with van der Waals surface area (Å²) >= 11 is 0. The molecule has 0 saturated heterocycles. The van der Waals surface area contributed by atoms with Crippen LogP contribution >= 0.6 is 0 Å². The predicted molar refractivity (Wildman–Crippen MR) is 113 cm³/mol. The zero-order valence-electron chi connectivity index (χ0n) is 16.5. The van der Waals surface area contributed by atoms with Crippen molar-refractivity contribution in [2.24, 2.45) is 0 Å². The second kappa shape index (κ2) is 7.17. The molecule has 0 spiro atoms.